The summed E-state index contributed by atoms with van der Waals surface area (Å²) < 4.78 is 0. The Balaban J connectivity index is 2.13. The van der Waals surface area contributed by atoms with Crippen molar-refractivity contribution in [2.75, 3.05) is 0 Å². The van der Waals surface area contributed by atoms with Crippen LogP contribution in [0.4, 0.5) is 0 Å². The minimum Gasteiger partial charge on any atom is -0.481 e. The lowest BCUT2D eigenvalue weighted by Crippen LogP contribution is -2.24. The zero-order valence-electron chi connectivity index (χ0n) is 11.7. The third-order valence-electron chi connectivity index (χ3n) is 4.04. The molecule has 0 aromatic heterocycles. The van der Waals surface area contributed by atoms with Crippen LogP contribution in [0.2, 0.25) is 0 Å². The number of carbonyl (C=O) groups is 1. The van der Waals surface area contributed by atoms with Gasteiger partial charge in [0.15, 0.2) is 0 Å². The standard InChI is InChI=1S/C16H22O2S/c1-11-8-9-13(10-12(11)2)19-15-7-5-3-4-6-14(15)16(17)18/h8-10,14-15H,3-7H2,1-2H3,(H,17,18). The molecule has 1 saturated carbocycles. The van der Waals surface area contributed by atoms with Crippen LogP contribution in [0.1, 0.15) is 43.2 Å². The summed E-state index contributed by atoms with van der Waals surface area (Å²) in [5.41, 5.74) is 2.57. The number of thioether (sulfide) groups is 1. The van der Waals surface area contributed by atoms with Crippen molar-refractivity contribution in [1.29, 1.82) is 0 Å². The van der Waals surface area contributed by atoms with E-state index in [4.69, 9.17) is 0 Å². The number of hydrogen-bond donors (Lipinski definition) is 1. The van der Waals surface area contributed by atoms with Gasteiger partial charge in [0.1, 0.15) is 0 Å². The second kappa shape index (κ2) is 6.47. The lowest BCUT2D eigenvalue weighted by molar-refractivity contribution is -0.141. The van der Waals surface area contributed by atoms with Gasteiger partial charge in [-0.1, -0.05) is 25.3 Å². The Bertz CT molecular complexity index is 456. The fraction of sp³-hybridized carbons (Fsp3) is 0.562. The number of rotatable bonds is 3. The first-order valence-corrected chi connectivity index (χ1v) is 7.92. The summed E-state index contributed by atoms with van der Waals surface area (Å²) in [6, 6.07) is 6.44. The Morgan fingerprint density at radius 2 is 1.89 bits per heavy atom. The van der Waals surface area contributed by atoms with E-state index in [2.05, 4.69) is 32.0 Å². The topological polar surface area (TPSA) is 37.3 Å². The highest BCUT2D eigenvalue weighted by Gasteiger charge is 2.30. The summed E-state index contributed by atoms with van der Waals surface area (Å²) in [6.45, 7) is 4.22. The molecule has 1 N–H and O–H groups in total. The van der Waals surface area contributed by atoms with Crippen molar-refractivity contribution in [3.63, 3.8) is 0 Å². The average molecular weight is 278 g/mol. The largest absolute Gasteiger partial charge is 0.481 e. The maximum atomic E-state index is 11.4. The number of benzene rings is 1. The number of carboxylic acids is 1. The Kier molecular flexibility index (Phi) is 4.92. The van der Waals surface area contributed by atoms with E-state index in [9.17, 15) is 9.90 Å². The van der Waals surface area contributed by atoms with Crippen molar-refractivity contribution in [2.45, 2.75) is 56.1 Å². The molecule has 19 heavy (non-hydrogen) atoms. The summed E-state index contributed by atoms with van der Waals surface area (Å²) in [7, 11) is 0. The SMILES string of the molecule is Cc1ccc(SC2CCCCCC2C(=O)O)cc1C. The first-order chi connectivity index (χ1) is 9.08. The smallest absolute Gasteiger partial charge is 0.307 e. The molecule has 0 radical (unpaired) electrons. The second-order valence-electron chi connectivity index (χ2n) is 5.49. The Morgan fingerprint density at radius 1 is 1.16 bits per heavy atom. The molecular weight excluding hydrogens is 256 g/mol. The molecule has 0 heterocycles. The van der Waals surface area contributed by atoms with Crippen LogP contribution in [-0.4, -0.2) is 16.3 Å². The molecule has 0 saturated heterocycles. The van der Waals surface area contributed by atoms with E-state index in [0.717, 1.165) is 25.7 Å². The predicted octanol–water partition coefficient (Wildman–Crippen LogP) is 4.43. The van der Waals surface area contributed by atoms with Crippen LogP contribution < -0.4 is 0 Å². The van der Waals surface area contributed by atoms with Gasteiger partial charge < -0.3 is 5.11 Å². The van der Waals surface area contributed by atoms with E-state index in [0.29, 0.717) is 0 Å². The molecular formula is C16H22O2S. The Hall–Kier alpha value is -0.960. The van der Waals surface area contributed by atoms with Gasteiger partial charge in [0.05, 0.1) is 5.92 Å². The van der Waals surface area contributed by atoms with Gasteiger partial charge in [0.25, 0.3) is 0 Å². The summed E-state index contributed by atoms with van der Waals surface area (Å²) >= 11 is 1.76. The van der Waals surface area contributed by atoms with E-state index in [-0.39, 0.29) is 11.2 Å². The summed E-state index contributed by atoms with van der Waals surface area (Å²) in [4.78, 5) is 12.6. The summed E-state index contributed by atoms with van der Waals surface area (Å²) in [5.74, 6) is -0.808. The van der Waals surface area contributed by atoms with Crippen LogP contribution in [0.15, 0.2) is 23.1 Å². The highest BCUT2D eigenvalue weighted by atomic mass is 32.2. The van der Waals surface area contributed by atoms with E-state index < -0.39 is 5.97 Å². The average Bonchev–Trinajstić information content (AvgIpc) is 2.59. The predicted molar refractivity (Wildman–Crippen MR) is 79.8 cm³/mol. The molecule has 2 atom stereocenters. The molecule has 0 bridgehead atoms. The van der Waals surface area contributed by atoms with E-state index >= 15 is 0 Å². The van der Waals surface area contributed by atoms with Crippen LogP contribution in [-0.2, 0) is 4.79 Å². The normalized spacial score (nSPS) is 23.9. The number of aryl methyl sites for hydroxylation is 2. The van der Waals surface area contributed by atoms with Crippen LogP contribution in [0, 0.1) is 19.8 Å². The first-order valence-electron chi connectivity index (χ1n) is 7.04. The van der Waals surface area contributed by atoms with Crippen molar-refractivity contribution in [3.05, 3.63) is 29.3 Å². The third-order valence-corrected chi connectivity index (χ3v) is 5.43. The first kappa shape index (κ1) is 14.4. The molecule has 1 aromatic rings. The molecule has 1 aliphatic rings. The highest BCUT2D eigenvalue weighted by Crippen LogP contribution is 2.37. The minimum atomic E-state index is -0.622. The van der Waals surface area contributed by atoms with E-state index in [1.54, 1.807) is 11.8 Å². The van der Waals surface area contributed by atoms with Gasteiger partial charge in [-0.3, -0.25) is 4.79 Å². The summed E-state index contributed by atoms with van der Waals surface area (Å²) in [6.07, 6.45) is 5.24. The van der Waals surface area contributed by atoms with E-state index in [1.165, 1.54) is 22.4 Å². The molecule has 104 valence electrons. The van der Waals surface area contributed by atoms with Gasteiger partial charge in [0, 0.05) is 10.1 Å². The molecule has 2 rings (SSSR count). The quantitative estimate of drug-likeness (QED) is 0.831. The van der Waals surface area contributed by atoms with Crippen LogP contribution in [0.5, 0.6) is 0 Å². The number of aliphatic carboxylic acids is 1. The Morgan fingerprint density at radius 3 is 2.58 bits per heavy atom. The van der Waals surface area contributed by atoms with Crippen molar-refractivity contribution in [3.8, 4) is 0 Å². The van der Waals surface area contributed by atoms with Crippen molar-refractivity contribution >= 4 is 17.7 Å². The molecule has 0 aliphatic heterocycles. The maximum Gasteiger partial charge on any atom is 0.307 e. The lowest BCUT2D eigenvalue weighted by atomic mass is 10.0. The van der Waals surface area contributed by atoms with Gasteiger partial charge in [-0.2, -0.15) is 0 Å². The van der Waals surface area contributed by atoms with Gasteiger partial charge >= 0.3 is 5.97 Å². The molecule has 2 nitrogen and oxygen atoms in total. The van der Waals surface area contributed by atoms with Crippen LogP contribution in [0.3, 0.4) is 0 Å². The van der Waals surface area contributed by atoms with E-state index in [1.807, 2.05) is 0 Å². The molecule has 1 aliphatic carbocycles. The lowest BCUT2D eigenvalue weighted by Gasteiger charge is -2.21. The highest BCUT2D eigenvalue weighted by molar-refractivity contribution is 8.00. The molecule has 1 aromatic carbocycles. The minimum absolute atomic E-state index is 0.186. The fourth-order valence-corrected chi connectivity index (χ4v) is 4.10. The van der Waals surface area contributed by atoms with Crippen molar-refractivity contribution in [1.82, 2.24) is 0 Å². The van der Waals surface area contributed by atoms with Gasteiger partial charge in [-0.05, 0) is 49.9 Å². The van der Waals surface area contributed by atoms with Crippen molar-refractivity contribution in [2.24, 2.45) is 5.92 Å². The molecule has 0 spiro atoms. The molecule has 2 unspecified atom stereocenters. The fourth-order valence-electron chi connectivity index (χ4n) is 2.66. The third kappa shape index (κ3) is 3.75. The van der Waals surface area contributed by atoms with Gasteiger partial charge in [-0.15, -0.1) is 11.8 Å². The van der Waals surface area contributed by atoms with Crippen LogP contribution >= 0.6 is 11.8 Å². The van der Waals surface area contributed by atoms with Gasteiger partial charge in [-0.25, -0.2) is 0 Å². The summed E-state index contributed by atoms with van der Waals surface area (Å²) in [5, 5.41) is 9.62. The number of hydrogen-bond acceptors (Lipinski definition) is 2. The van der Waals surface area contributed by atoms with Crippen molar-refractivity contribution < 1.29 is 9.90 Å². The van der Waals surface area contributed by atoms with Crippen LogP contribution in [0.25, 0.3) is 0 Å². The zero-order chi connectivity index (χ0) is 13.8. The second-order valence-corrected chi connectivity index (χ2v) is 6.80. The number of carboxylic acid groups (broad SMARTS) is 1. The molecule has 1 fully saturated rings. The molecule has 3 heteroatoms. The monoisotopic (exact) mass is 278 g/mol. The Labute approximate surface area is 119 Å². The molecule has 0 amide bonds. The van der Waals surface area contributed by atoms with Gasteiger partial charge in [0.2, 0.25) is 0 Å². The zero-order valence-corrected chi connectivity index (χ0v) is 12.5. The maximum absolute atomic E-state index is 11.4.